The number of likely N-dealkylation sites (N-methyl/N-ethyl adjacent to an activating group) is 1. The van der Waals surface area contributed by atoms with Crippen molar-refractivity contribution >= 4 is 5.97 Å². The number of carboxylic acids is 1. The first kappa shape index (κ1) is 13.4. The van der Waals surface area contributed by atoms with Gasteiger partial charge in [-0.1, -0.05) is 20.3 Å². The number of nitrogens with one attached hydrogen (secondary N) is 1. The smallest absolute Gasteiger partial charge is 0.320 e. The van der Waals surface area contributed by atoms with Gasteiger partial charge in [0, 0.05) is 13.1 Å². The summed E-state index contributed by atoms with van der Waals surface area (Å²) < 4.78 is 0. The number of carboxylic acid groups (broad SMARTS) is 1. The molecule has 0 aliphatic heterocycles. The van der Waals surface area contributed by atoms with Crippen molar-refractivity contribution in [1.29, 1.82) is 0 Å². The Morgan fingerprint density at radius 3 is 2.57 bits per heavy atom. The van der Waals surface area contributed by atoms with Crippen molar-refractivity contribution in [2.24, 2.45) is 0 Å². The molecule has 4 nitrogen and oxygen atoms in total. The van der Waals surface area contributed by atoms with Crippen LogP contribution in [0, 0.1) is 0 Å². The van der Waals surface area contributed by atoms with E-state index in [-0.39, 0.29) is 6.04 Å². The van der Waals surface area contributed by atoms with E-state index >= 15 is 0 Å². The molecule has 0 fully saturated rings. The van der Waals surface area contributed by atoms with Crippen molar-refractivity contribution in [2.45, 2.75) is 32.7 Å². The minimum absolute atomic E-state index is 0.384. The van der Waals surface area contributed by atoms with E-state index in [0.29, 0.717) is 6.42 Å². The van der Waals surface area contributed by atoms with Crippen LogP contribution in [0.3, 0.4) is 0 Å². The third-order valence-electron chi connectivity index (χ3n) is 2.30. The summed E-state index contributed by atoms with van der Waals surface area (Å²) in [7, 11) is 2.03. The summed E-state index contributed by atoms with van der Waals surface area (Å²) in [5.74, 6) is -0.744. The van der Waals surface area contributed by atoms with Crippen LogP contribution < -0.4 is 5.32 Å². The van der Waals surface area contributed by atoms with Gasteiger partial charge < -0.3 is 15.3 Å². The average molecular weight is 202 g/mol. The summed E-state index contributed by atoms with van der Waals surface area (Å²) >= 11 is 0. The summed E-state index contributed by atoms with van der Waals surface area (Å²) in [5, 5.41) is 11.9. The van der Waals surface area contributed by atoms with Crippen molar-refractivity contribution in [1.82, 2.24) is 10.2 Å². The molecule has 0 aromatic rings. The first-order chi connectivity index (χ1) is 6.61. The standard InChI is InChI=1S/C10H22N2O2/c1-4-6-9(10(13)14)11-7-8-12(3)5-2/h9,11H,4-8H2,1-3H3,(H,13,14). The fourth-order valence-electron chi connectivity index (χ4n) is 1.19. The zero-order chi connectivity index (χ0) is 11.0. The Morgan fingerprint density at radius 2 is 2.14 bits per heavy atom. The molecule has 4 heteroatoms. The SMILES string of the molecule is CCCC(NCCN(C)CC)C(=O)O. The molecule has 0 saturated carbocycles. The lowest BCUT2D eigenvalue weighted by Gasteiger charge is -2.17. The molecular formula is C10H22N2O2. The van der Waals surface area contributed by atoms with Gasteiger partial charge in [-0.3, -0.25) is 4.79 Å². The van der Waals surface area contributed by atoms with Gasteiger partial charge in [0.25, 0.3) is 0 Å². The van der Waals surface area contributed by atoms with E-state index in [2.05, 4.69) is 17.1 Å². The number of carbonyl (C=O) groups is 1. The summed E-state index contributed by atoms with van der Waals surface area (Å²) in [4.78, 5) is 12.9. The summed E-state index contributed by atoms with van der Waals surface area (Å²) in [6, 6.07) is -0.384. The summed E-state index contributed by atoms with van der Waals surface area (Å²) in [5.41, 5.74) is 0. The highest BCUT2D eigenvalue weighted by Gasteiger charge is 2.14. The molecular weight excluding hydrogens is 180 g/mol. The highest BCUT2D eigenvalue weighted by atomic mass is 16.4. The normalized spacial score (nSPS) is 13.1. The van der Waals surface area contributed by atoms with Gasteiger partial charge in [0.05, 0.1) is 0 Å². The minimum Gasteiger partial charge on any atom is -0.480 e. The molecule has 2 N–H and O–H groups in total. The Kier molecular flexibility index (Phi) is 7.42. The highest BCUT2D eigenvalue weighted by Crippen LogP contribution is 1.96. The first-order valence-electron chi connectivity index (χ1n) is 5.26. The second-order valence-corrected chi connectivity index (χ2v) is 3.53. The van der Waals surface area contributed by atoms with Crippen LogP contribution in [0.5, 0.6) is 0 Å². The first-order valence-corrected chi connectivity index (χ1v) is 5.26. The molecule has 84 valence electrons. The molecule has 0 bridgehead atoms. The quantitative estimate of drug-likeness (QED) is 0.611. The van der Waals surface area contributed by atoms with Crippen molar-refractivity contribution in [3.63, 3.8) is 0 Å². The largest absolute Gasteiger partial charge is 0.480 e. The Hall–Kier alpha value is -0.610. The van der Waals surface area contributed by atoms with Crippen LogP contribution in [0.1, 0.15) is 26.7 Å². The van der Waals surface area contributed by atoms with Gasteiger partial charge in [-0.05, 0) is 20.0 Å². The van der Waals surface area contributed by atoms with E-state index in [9.17, 15) is 4.79 Å². The van der Waals surface area contributed by atoms with E-state index in [4.69, 9.17) is 5.11 Å². The summed E-state index contributed by atoms with van der Waals surface area (Å²) in [6.45, 7) is 6.70. The maximum Gasteiger partial charge on any atom is 0.320 e. The Balaban J connectivity index is 3.66. The molecule has 0 heterocycles. The maximum atomic E-state index is 10.8. The van der Waals surface area contributed by atoms with Crippen LogP contribution in [0.4, 0.5) is 0 Å². The number of nitrogens with zero attached hydrogens (tertiary/aromatic N) is 1. The van der Waals surface area contributed by atoms with Crippen LogP contribution in [0.2, 0.25) is 0 Å². The molecule has 14 heavy (non-hydrogen) atoms. The van der Waals surface area contributed by atoms with Crippen LogP contribution in [-0.4, -0.2) is 48.7 Å². The van der Waals surface area contributed by atoms with E-state index in [1.807, 2.05) is 14.0 Å². The van der Waals surface area contributed by atoms with E-state index < -0.39 is 5.97 Å². The zero-order valence-corrected chi connectivity index (χ0v) is 9.42. The van der Waals surface area contributed by atoms with Crippen LogP contribution in [0.15, 0.2) is 0 Å². The zero-order valence-electron chi connectivity index (χ0n) is 9.42. The van der Waals surface area contributed by atoms with Gasteiger partial charge in [0.15, 0.2) is 0 Å². The molecule has 0 saturated heterocycles. The minimum atomic E-state index is -0.744. The molecule has 0 aromatic heterocycles. The Bertz CT molecular complexity index is 162. The number of rotatable bonds is 8. The predicted molar refractivity (Wildman–Crippen MR) is 57.5 cm³/mol. The van der Waals surface area contributed by atoms with Crippen LogP contribution in [-0.2, 0) is 4.79 Å². The predicted octanol–water partition coefficient (Wildman–Crippen LogP) is 0.781. The lowest BCUT2D eigenvalue weighted by molar-refractivity contribution is -0.139. The van der Waals surface area contributed by atoms with Gasteiger partial charge in [0.1, 0.15) is 6.04 Å². The molecule has 0 aromatic carbocycles. The molecule has 1 unspecified atom stereocenters. The van der Waals surface area contributed by atoms with Gasteiger partial charge >= 0.3 is 5.97 Å². The van der Waals surface area contributed by atoms with E-state index in [0.717, 1.165) is 26.1 Å². The van der Waals surface area contributed by atoms with Gasteiger partial charge in [0.2, 0.25) is 0 Å². The van der Waals surface area contributed by atoms with Crippen molar-refractivity contribution < 1.29 is 9.90 Å². The molecule has 0 radical (unpaired) electrons. The summed E-state index contributed by atoms with van der Waals surface area (Å²) in [6.07, 6.45) is 1.60. The number of hydrogen-bond acceptors (Lipinski definition) is 3. The molecule has 0 amide bonds. The van der Waals surface area contributed by atoms with Crippen molar-refractivity contribution in [2.75, 3.05) is 26.7 Å². The third-order valence-corrected chi connectivity index (χ3v) is 2.30. The molecule has 0 aliphatic rings. The van der Waals surface area contributed by atoms with Crippen LogP contribution >= 0.6 is 0 Å². The average Bonchev–Trinajstić information content (AvgIpc) is 2.16. The fraction of sp³-hybridized carbons (Fsp3) is 0.900. The van der Waals surface area contributed by atoms with Gasteiger partial charge in [-0.2, -0.15) is 0 Å². The van der Waals surface area contributed by atoms with Gasteiger partial charge in [-0.15, -0.1) is 0 Å². The van der Waals surface area contributed by atoms with Crippen molar-refractivity contribution in [3.05, 3.63) is 0 Å². The molecule has 0 spiro atoms. The maximum absolute atomic E-state index is 10.8. The molecule has 1 atom stereocenters. The van der Waals surface area contributed by atoms with E-state index in [1.165, 1.54) is 0 Å². The topological polar surface area (TPSA) is 52.6 Å². The Morgan fingerprint density at radius 1 is 1.50 bits per heavy atom. The molecule has 0 rings (SSSR count). The lowest BCUT2D eigenvalue weighted by Crippen LogP contribution is -2.40. The highest BCUT2D eigenvalue weighted by molar-refractivity contribution is 5.73. The monoisotopic (exact) mass is 202 g/mol. The second-order valence-electron chi connectivity index (χ2n) is 3.53. The number of hydrogen-bond donors (Lipinski definition) is 2. The van der Waals surface area contributed by atoms with Crippen LogP contribution in [0.25, 0.3) is 0 Å². The van der Waals surface area contributed by atoms with Gasteiger partial charge in [-0.25, -0.2) is 0 Å². The van der Waals surface area contributed by atoms with E-state index in [1.54, 1.807) is 0 Å². The third kappa shape index (κ3) is 5.94. The molecule has 0 aliphatic carbocycles. The van der Waals surface area contributed by atoms with Crippen molar-refractivity contribution in [3.8, 4) is 0 Å². The Labute approximate surface area is 86.3 Å². The fourth-order valence-corrected chi connectivity index (χ4v) is 1.19. The second kappa shape index (κ2) is 7.76. The number of aliphatic carboxylic acids is 1. The lowest BCUT2D eigenvalue weighted by atomic mass is 10.2.